The molecule has 1 amide bonds. The van der Waals surface area contributed by atoms with Crippen molar-refractivity contribution in [2.75, 3.05) is 37.6 Å². The van der Waals surface area contributed by atoms with Crippen molar-refractivity contribution in [1.29, 1.82) is 0 Å². The van der Waals surface area contributed by atoms with E-state index in [-0.39, 0.29) is 5.91 Å². The fraction of sp³-hybridized carbons (Fsp3) is 0.156. The molecule has 5 aromatic rings. The maximum absolute atomic E-state index is 12.5. The van der Waals surface area contributed by atoms with Gasteiger partial charge in [0.1, 0.15) is 12.1 Å². The van der Waals surface area contributed by atoms with E-state index in [9.17, 15) is 10.0 Å². The molecule has 40 heavy (non-hydrogen) atoms. The molecular weight excluding hydrogens is 502 g/mol. The number of furan rings is 1. The topological polar surface area (TPSA) is 94.7 Å². The molecule has 0 unspecified atom stereocenters. The zero-order valence-electron chi connectivity index (χ0n) is 22.5. The van der Waals surface area contributed by atoms with Crippen LogP contribution in [0.25, 0.3) is 33.6 Å². The highest BCUT2D eigenvalue weighted by atomic mass is 16.5. The zero-order valence-corrected chi connectivity index (χ0v) is 22.5. The SMILES string of the molecule is CN(C)C/C=C/C(=O)Nc1cccc(-c2c(-c3ccccc3)oc3ncnc(N(O)CCc4ccccc4)c23)c1. The molecule has 0 aliphatic rings. The Hall–Kier alpha value is -4.79. The average Bonchev–Trinajstić information content (AvgIpc) is 3.37. The van der Waals surface area contributed by atoms with Crippen LogP contribution in [0.1, 0.15) is 5.56 Å². The second-order valence-corrected chi connectivity index (χ2v) is 9.64. The van der Waals surface area contributed by atoms with Crippen LogP contribution < -0.4 is 10.4 Å². The number of benzene rings is 3. The number of rotatable bonds is 10. The number of anilines is 2. The Morgan fingerprint density at radius 1 is 0.950 bits per heavy atom. The van der Waals surface area contributed by atoms with Crippen molar-refractivity contribution in [3.8, 4) is 22.5 Å². The van der Waals surface area contributed by atoms with Gasteiger partial charge in [-0.15, -0.1) is 0 Å². The third-order valence-corrected chi connectivity index (χ3v) is 6.36. The largest absolute Gasteiger partial charge is 0.437 e. The van der Waals surface area contributed by atoms with Crippen LogP contribution >= 0.6 is 0 Å². The molecule has 0 radical (unpaired) electrons. The molecule has 0 aliphatic carbocycles. The zero-order chi connectivity index (χ0) is 27.9. The molecule has 0 spiro atoms. The lowest BCUT2D eigenvalue weighted by molar-refractivity contribution is -0.111. The molecule has 2 heterocycles. The smallest absolute Gasteiger partial charge is 0.248 e. The van der Waals surface area contributed by atoms with E-state index in [1.165, 1.54) is 12.4 Å². The summed E-state index contributed by atoms with van der Waals surface area (Å²) in [6.07, 6.45) is 5.36. The lowest BCUT2D eigenvalue weighted by Crippen LogP contribution is -2.22. The number of hydrogen-bond donors (Lipinski definition) is 2. The van der Waals surface area contributed by atoms with Crippen LogP contribution in [0.2, 0.25) is 0 Å². The van der Waals surface area contributed by atoms with Gasteiger partial charge in [0.05, 0.1) is 11.9 Å². The van der Waals surface area contributed by atoms with E-state index in [4.69, 9.17) is 4.42 Å². The maximum atomic E-state index is 12.5. The fourth-order valence-electron chi connectivity index (χ4n) is 4.47. The van der Waals surface area contributed by atoms with Crippen LogP contribution in [0, 0.1) is 0 Å². The minimum Gasteiger partial charge on any atom is -0.437 e. The van der Waals surface area contributed by atoms with E-state index in [1.807, 2.05) is 110 Å². The molecule has 0 atom stereocenters. The van der Waals surface area contributed by atoms with Crippen molar-refractivity contribution in [2.24, 2.45) is 0 Å². The number of aromatic nitrogens is 2. The number of hydrogen-bond acceptors (Lipinski definition) is 7. The molecule has 0 saturated heterocycles. The summed E-state index contributed by atoms with van der Waals surface area (Å²) in [6.45, 7) is 0.996. The summed E-state index contributed by atoms with van der Waals surface area (Å²) in [4.78, 5) is 23.4. The second kappa shape index (κ2) is 12.4. The van der Waals surface area contributed by atoms with Gasteiger partial charge in [-0.3, -0.25) is 10.0 Å². The fourth-order valence-corrected chi connectivity index (χ4v) is 4.47. The van der Waals surface area contributed by atoms with Crippen LogP contribution in [0.15, 0.2) is 108 Å². The van der Waals surface area contributed by atoms with Crippen LogP contribution in [0.3, 0.4) is 0 Å². The molecule has 8 nitrogen and oxygen atoms in total. The van der Waals surface area contributed by atoms with Crippen molar-refractivity contribution >= 4 is 28.5 Å². The highest BCUT2D eigenvalue weighted by molar-refractivity contribution is 6.07. The van der Waals surface area contributed by atoms with Crippen LogP contribution in [0.4, 0.5) is 11.5 Å². The number of likely N-dealkylation sites (N-methyl/N-ethyl adjacent to an activating group) is 1. The van der Waals surface area contributed by atoms with Gasteiger partial charge in [0.15, 0.2) is 5.82 Å². The molecule has 3 aromatic carbocycles. The number of nitrogens with zero attached hydrogens (tertiary/aromatic N) is 4. The summed E-state index contributed by atoms with van der Waals surface area (Å²) < 4.78 is 6.30. The Bertz CT molecular complexity index is 1610. The number of carbonyl (C=O) groups is 1. The highest BCUT2D eigenvalue weighted by Gasteiger charge is 2.24. The van der Waals surface area contributed by atoms with Gasteiger partial charge in [0.2, 0.25) is 11.6 Å². The van der Waals surface area contributed by atoms with Crippen LogP contribution in [-0.4, -0.2) is 53.2 Å². The van der Waals surface area contributed by atoms with E-state index in [1.54, 1.807) is 0 Å². The van der Waals surface area contributed by atoms with Crippen LogP contribution in [0.5, 0.6) is 0 Å². The normalized spacial score (nSPS) is 11.4. The van der Waals surface area contributed by atoms with Crippen molar-refractivity contribution in [3.05, 3.63) is 109 Å². The van der Waals surface area contributed by atoms with Crippen molar-refractivity contribution in [2.45, 2.75) is 6.42 Å². The third kappa shape index (κ3) is 6.26. The number of carbonyl (C=O) groups excluding carboxylic acids is 1. The van der Waals surface area contributed by atoms with E-state index in [0.717, 1.165) is 27.3 Å². The van der Waals surface area contributed by atoms with Gasteiger partial charge in [-0.05, 0) is 43.8 Å². The number of amides is 1. The molecule has 8 heteroatoms. The molecule has 202 valence electrons. The summed E-state index contributed by atoms with van der Waals surface area (Å²) in [5, 5.41) is 15.8. The Morgan fingerprint density at radius 3 is 2.42 bits per heavy atom. The minimum atomic E-state index is -0.217. The highest BCUT2D eigenvalue weighted by Crippen LogP contribution is 2.43. The first-order valence-corrected chi connectivity index (χ1v) is 13.1. The van der Waals surface area contributed by atoms with E-state index in [0.29, 0.717) is 47.9 Å². The summed E-state index contributed by atoms with van der Waals surface area (Å²) in [7, 11) is 3.89. The molecule has 0 fully saturated rings. The molecule has 2 N–H and O–H groups in total. The Morgan fingerprint density at radius 2 is 1.68 bits per heavy atom. The van der Waals surface area contributed by atoms with Gasteiger partial charge < -0.3 is 14.6 Å². The molecule has 0 bridgehead atoms. The van der Waals surface area contributed by atoms with E-state index in [2.05, 4.69) is 15.3 Å². The number of fused-ring (bicyclic) bond motifs is 1. The molecule has 2 aromatic heterocycles. The van der Waals surface area contributed by atoms with Crippen LogP contribution in [-0.2, 0) is 11.2 Å². The first kappa shape index (κ1) is 26.8. The lowest BCUT2D eigenvalue weighted by Gasteiger charge is -2.17. The minimum absolute atomic E-state index is 0.217. The van der Waals surface area contributed by atoms with E-state index >= 15 is 0 Å². The van der Waals surface area contributed by atoms with Gasteiger partial charge in [-0.25, -0.2) is 15.0 Å². The number of nitrogens with one attached hydrogen (secondary N) is 1. The van der Waals surface area contributed by atoms with Gasteiger partial charge in [-0.1, -0.05) is 78.9 Å². The standard InChI is InChI=1S/C32H31N5O3/c1-36(2)19-10-17-27(38)35-26-16-9-15-25(21-26)28-29-31(37(39)20-18-23-11-5-3-6-12-23)33-22-34-32(29)40-30(28)24-13-7-4-8-14-24/h3-17,21-22,39H,18-20H2,1-2H3,(H,35,38)/b17-10+. The first-order chi connectivity index (χ1) is 19.5. The van der Waals surface area contributed by atoms with Gasteiger partial charge in [0.25, 0.3) is 0 Å². The monoisotopic (exact) mass is 533 g/mol. The lowest BCUT2D eigenvalue weighted by atomic mass is 9.98. The number of hydroxylamine groups is 1. The molecular formula is C32H31N5O3. The third-order valence-electron chi connectivity index (χ3n) is 6.36. The molecule has 5 rings (SSSR count). The molecule has 0 saturated carbocycles. The quantitative estimate of drug-likeness (QED) is 0.167. The average molecular weight is 534 g/mol. The van der Waals surface area contributed by atoms with Crippen molar-refractivity contribution < 1.29 is 14.4 Å². The maximum Gasteiger partial charge on any atom is 0.248 e. The van der Waals surface area contributed by atoms with Gasteiger partial charge in [0, 0.05) is 29.4 Å². The Labute approximate surface area is 233 Å². The predicted octanol–water partition coefficient (Wildman–Crippen LogP) is 6.05. The Kier molecular flexibility index (Phi) is 8.29. The van der Waals surface area contributed by atoms with E-state index < -0.39 is 0 Å². The van der Waals surface area contributed by atoms with Gasteiger partial charge in [-0.2, -0.15) is 0 Å². The molecule has 0 aliphatic heterocycles. The second-order valence-electron chi connectivity index (χ2n) is 9.64. The Balaban J connectivity index is 1.56. The summed E-state index contributed by atoms with van der Waals surface area (Å²) in [5.41, 5.74) is 4.48. The van der Waals surface area contributed by atoms with Crippen molar-refractivity contribution in [3.63, 3.8) is 0 Å². The predicted molar refractivity (Wildman–Crippen MR) is 158 cm³/mol. The van der Waals surface area contributed by atoms with Gasteiger partial charge >= 0.3 is 0 Å². The van der Waals surface area contributed by atoms with Crippen molar-refractivity contribution in [1.82, 2.24) is 14.9 Å². The first-order valence-electron chi connectivity index (χ1n) is 13.1. The summed E-state index contributed by atoms with van der Waals surface area (Å²) in [5.74, 6) is 0.733. The summed E-state index contributed by atoms with van der Waals surface area (Å²) in [6, 6.07) is 27.2. The summed E-state index contributed by atoms with van der Waals surface area (Å²) >= 11 is 0.